The lowest BCUT2D eigenvalue weighted by Gasteiger charge is -2.29. The number of anilines is 1. The summed E-state index contributed by atoms with van der Waals surface area (Å²) < 4.78 is 13.8. The summed E-state index contributed by atoms with van der Waals surface area (Å²) in [7, 11) is 3.88. The molecule has 0 amide bonds. The molecule has 0 aliphatic heterocycles. The van der Waals surface area contributed by atoms with Gasteiger partial charge in [0.25, 0.3) is 0 Å². The number of benzene rings is 1. The maximum Gasteiger partial charge on any atom is 0.129 e. The number of nitrogens with zero attached hydrogens (tertiary/aromatic N) is 1. The molecular weight excluding hydrogens is 247 g/mol. The predicted molar refractivity (Wildman–Crippen MR) is 80.0 cm³/mol. The Morgan fingerprint density at radius 3 is 2.78 bits per heavy atom. The third-order valence-corrected chi connectivity index (χ3v) is 3.87. The van der Waals surface area contributed by atoms with Crippen molar-refractivity contribution >= 4 is 17.4 Å². The first kappa shape index (κ1) is 15.3. The topological polar surface area (TPSA) is 15.3 Å². The van der Waals surface area contributed by atoms with Crippen molar-refractivity contribution in [1.29, 1.82) is 0 Å². The quantitative estimate of drug-likeness (QED) is 0.819. The molecule has 0 heterocycles. The van der Waals surface area contributed by atoms with Gasteiger partial charge in [0.15, 0.2) is 0 Å². The third-order valence-electron chi connectivity index (χ3n) is 3.23. The van der Waals surface area contributed by atoms with Crippen LogP contribution in [0.25, 0.3) is 0 Å². The lowest BCUT2D eigenvalue weighted by Crippen LogP contribution is -2.31. The summed E-state index contributed by atoms with van der Waals surface area (Å²) >= 11 is 1.85. The second-order valence-corrected chi connectivity index (χ2v) is 5.49. The van der Waals surface area contributed by atoms with E-state index in [2.05, 4.69) is 23.4 Å². The Hall–Kier alpha value is -0.740. The van der Waals surface area contributed by atoms with E-state index in [4.69, 9.17) is 0 Å². The van der Waals surface area contributed by atoms with Crippen molar-refractivity contribution in [2.45, 2.75) is 25.9 Å². The van der Waals surface area contributed by atoms with Crippen molar-refractivity contribution < 1.29 is 4.39 Å². The van der Waals surface area contributed by atoms with Crippen LogP contribution >= 0.6 is 11.8 Å². The van der Waals surface area contributed by atoms with Gasteiger partial charge in [0.05, 0.1) is 0 Å². The van der Waals surface area contributed by atoms with Crippen LogP contribution in [0.15, 0.2) is 18.2 Å². The van der Waals surface area contributed by atoms with Crippen LogP contribution in [0.4, 0.5) is 10.1 Å². The Morgan fingerprint density at radius 1 is 1.44 bits per heavy atom. The molecule has 1 aromatic rings. The number of rotatable bonds is 7. The monoisotopic (exact) mass is 270 g/mol. The van der Waals surface area contributed by atoms with Crippen molar-refractivity contribution in [1.82, 2.24) is 5.32 Å². The highest BCUT2D eigenvalue weighted by atomic mass is 32.2. The zero-order chi connectivity index (χ0) is 13.5. The minimum atomic E-state index is -0.134. The van der Waals surface area contributed by atoms with Crippen molar-refractivity contribution in [3.63, 3.8) is 0 Å². The molecule has 1 aromatic carbocycles. The van der Waals surface area contributed by atoms with Crippen LogP contribution in [-0.2, 0) is 6.54 Å². The normalized spacial score (nSPS) is 12.5. The van der Waals surface area contributed by atoms with E-state index >= 15 is 0 Å². The first-order valence-electron chi connectivity index (χ1n) is 6.25. The molecule has 0 radical (unpaired) electrons. The van der Waals surface area contributed by atoms with Crippen LogP contribution in [-0.4, -0.2) is 32.1 Å². The van der Waals surface area contributed by atoms with Gasteiger partial charge in [0.1, 0.15) is 5.82 Å². The van der Waals surface area contributed by atoms with Crippen molar-refractivity contribution in [3.05, 3.63) is 29.6 Å². The lowest BCUT2D eigenvalue weighted by atomic mass is 10.1. The van der Waals surface area contributed by atoms with Gasteiger partial charge in [-0.15, -0.1) is 0 Å². The summed E-state index contributed by atoms with van der Waals surface area (Å²) in [6.07, 6.45) is 3.22. The zero-order valence-corrected chi connectivity index (χ0v) is 12.5. The summed E-state index contributed by atoms with van der Waals surface area (Å²) in [6, 6.07) is 5.71. The molecular formula is C14H23FN2S. The standard InChI is InChI=1S/C14H23FN2S/c1-11(8-9-18-4)17(3)14-7-5-6-13(15)12(14)10-16-2/h5-7,11,16H,8-10H2,1-4H3. The SMILES string of the molecule is CNCc1c(F)cccc1N(C)C(C)CCSC. The molecule has 0 fully saturated rings. The Kier molecular flexibility index (Phi) is 6.50. The van der Waals surface area contributed by atoms with Gasteiger partial charge < -0.3 is 10.2 Å². The van der Waals surface area contributed by atoms with Crippen LogP contribution in [0.3, 0.4) is 0 Å². The van der Waals surface area contributed by atoms with E-state index in [1.807, 2.05) is 31.9 Å². The molecule has 1 N–H and O–H groups in total. The Morgan fingerprint density at radius 2 is 2.17 bits per heavy atom. The predicted octanol–water partition coefficient (Wildman–Crippen LogP) is 3.12. The molecule has 102 valence electrons. The van der Waals surface area contributed by atoms with Crippen LogP contribution in [0.1, 0.15) is 18.9 Å². The van der Waals surface area contributed by atoms with Gasteiger partial charge in [-0.2, -0.15) is 11.8 Å². The highest BCUT2D eigenvalue weighted by Gasteiger charge is 2.15. The van der Waals surface area contributed by atoms with E-state index in [1.165, 1.54) is 6.07 Å². The number of thioether (sulfide) groups is 1. The lowest BCUT2D eigenvalue weighted by molar-refractivity contribution is 0.594. The van der Waals surface area contributed by atoms with Crippen LogP contribution in [0, 0.1) is 5.82 Å². The fourth-order valence-corrected chi connectivity index (χ4v) is 2.53. The highest BCUT2D eigenvalue weighted by Crippen LogP contribution is 2.25. The van der Waals surface area contributed by atoms with Crippen LogP contribution in [0.2, 0.25) is 0 Å². The van der Waals surface area contributed by atoms with Gasteiger partial charge in [0, 0.05) is 30.9 Å². The van der Waals surface area contributed by atoms with Crippen molar-refractivity contribution in [3.8, 4) is 0 Å². The molecule has 0 saturated carbocycles. The second kappa shape index (κ2) is 7.64. The fraction of sp³-hybridized carbons (Fsp3) is 0.571. The summed E-state index contributed by atoms with van der Waals surface area (Å²) in [6.45, 7) is 2.74. The molecule has 0 aliphatic rings. The summed E-state index contributed by atoms with van der Waals surface area (Å²) in [5.41, 5.74) is 1.73. The zero-order valence-electron chi connectivity index (χ0n) is 11.7. The van der Waals surface area contributed by atoms with Crippen molar-refractivity contribution in [2.75, 3.05) is 31.0 Å². The minimum absolute atomic E-state index is 0.134. The van der Waals surface area contributed by atoms with Gasteiger partial charge >= 0.3 is 0 Å². The highest BCUT2D eigenvalue weighted by molar-refractivity contribution is 7.98. The molecule has 0 saturated heterocycles. The number of hydrogen-bond donors (Lipinski definition) is 1. The summed E-state index contributed by atoms with van der Waals surface area (Å²) in [5.74, 6) is 0.994. The largest absolute Gasteiger partial charge is 0.372 e. The maximum absolute atomic E-state index is 13.8. The van der Waals surface area contributed by atoms with Gasteiger partial charge in [-0.3, -0.25) is 0 Å². The second-order valence-electron chi connectivity index (χ2n) is 4.51. The molecule has 4 heteroatoms. The fourth-order valence-electron chi connectivity index (χ4n) is 1.95. The first-order valence-corrected chi connectivity index (χ1v) is 7.65. The van der Waals surface area contributed by atoms with E-state index in [9.17, 15) is 4.39 Å². The van der Waals surface area contributed by atoms with Gasteiger partial charge in [0.2, 0.25) is 0 Å². The van der Waals surface area contributed by atoms with E-state index in [-0.39, 0.29) is 5.82 Å². The van der Waals surface area contributed by atoms with Crippen LogP contribution < -0.4 is 10.2 Å². The van der Waals surface area contributed by atoms with Gasteiger partial charge in [-0.05, 0) is 44.5 Å². The summed E-state index contributed by atoms with van der Waals surface area (Å²) in [5, 5.41) is 3.03. The molecule has 0 bridgehead atoms. The first-order chi connectivity index (χ1) is 8.61. The maximum atomic E-state index is 13.8. The van der Waals surface area contributed by atoms with E-state index in [0.29, 0.717) is 12.6 Å². The molecule has 1 atom stereocenters. The summed E-state index contributed by atoms with van der Waals surface area (Å²) in [4.78, 5) is 2.17. The molecule has 0 aliphatic carbocycles. The third kappa shape index (κ3) is 3.89. The molecule has 1 unspecified atom stereocenters. The average Bonchev–Trinajstić information content (AvgIpc) is 2.37. The molecule has 18 heavy (non-hydrogen) atoms. The molecule has 2 nitrogen and oxygen atoms in total. The molecule has 0 aromatic heterocycles. The van der Waals surface area contributed by atoms with E-state index in [0.717, 1.165) is 23.4 Å². The van der Waals surface area contributed by atoms with Gasteiger partial charge in [-0.1, -0.05) is 6.07 Å². The van der Waals surface area contributed by atoms with E-state index < -0.39 is 0 Å². The van der Waals surface area contributed by atoms with E-state index in [1.54, 1.807) is 6.07 Å². The minimum Gasteiger partial charge on any atom is -0.372 e. The Bertz CT molecular complexity index is 371. The van der Waals surface area contributed by atoms with Gasteiger partial charge in [-0.25, -0.2) is 4.39 Å². The average molecular weight is 270 g/mol. The Balaban J connectivity index is 2.90. The number of hydrogen-bond acceptors (Lipinski definition) is 3. The number of halogens is 1. The molecule has 0 spiro atoms. The molecule has 1 rings (SSSR count). The smallest absolute Gasteiger partial charge is 0.129 e. The number of nitrogens with one attached hydrogen (secondary N) is 1. The van der Waals surface area contributed by atoms with Crippen LogP contribution in [0.5, 0.6) is 0 Å². The van der Waals surface area contributed by atoms with Crippen molar-refractivity contribution in [2.24, 2.45) is 0 Å². The Labute approximate surface area is 114 Å².